The number of benzene rings is 2. The molecule has 2 aromatic heterocycles. The summed E-state index contributed by atoms with van der Waals surface area (Å²) < 4.78 is 42.2. The highest BCUT2D eigenvalue weighted by Crippen LogP contribution is 2.34. The molecule has 2 aliphatic rings. The number of aromatic hydroxyl groups is 1. The number of phenolic OH excluding ortho intramolecular Hbond substituents is 1. The van der Waals surface area contributed by atoms with E-state index in [4.69, 9.17) is 5.73 Å². The number of amides is 3. The third kappa shape index (κ3) is 11.1. The Morgan fingerprint density at radius 2 is 1.69 bits per heavy atom. The van der Waals surface area contributed by atoms with E-state index in [-0.39, 0.29) is 48.3 Å². The van der Waals surface area contributed by atoms with Gasteiger partial charge in [-0.05, 0) is 112 Å². The van der Waals surface area contributed by atoms with Crippen LogP contribution in [0.2, 0.25) is 0 Å². The largest absolute Gasteiger partial charge is 0.506 e. The molecule has 14 nitrogen and oxygen atoms in total. The van der Waals surface area contributed by atoms with Gasteiger partial charge in [0.05, 0.1) is 32.3 Å². The fraction of sp³-hybridized carbons (Fsp3) is 0.425. The Bertz CT molecular complexity index is 2140. The molecule has 4 aromatic rings. The average molecular weight is 950 g/mol. The molecule has 0 spiro atoms. The number of likely N-dealkylation sites (tertiary alicyclic amines) is 1. The van der Waals surface area contributed by atoms with Crippen molar-refractivity contribution in [3.8, 4) is 17.0 Å². The van der Waals surface area contributed by atoms with Gasteiger partial charge in [0.15, 0.2) is 5.78 Å². The predicted molar refractivity (Wildman–Crippen MR) is 223 cm³/mol. The van der Waals surface area contributed by atoms with Gasteiger partial charge in [-0.2, -0.15) is 13.2 Å². The zero-order valence-electron chi connectivity index (χ0n) is 32.0. The van der Waals surface area contributed by atoms with Gasteiger partial charge in [-0.1, -0.05) is 12.1 Å². The monoisotopic (exact) mass is 947 g/mol. The standard InChI is InChI=1S/C40H46Br2F3N9O5/c41-29-18-24(19-30(42)35(29)55)20-32(37(57)49-31(6-1-2-11-46)36(56)34-22-53(17-14-48-34)27-7-12-47-13-8-27)50-38(58)52-15-9-28(10-16-52)54-23-33(51-39(54)59)25-4-3-5-26(21-25)40(43,44)45/h3-5,7-8,12-13,18-19,21,23,28,31-32,34,48,55H,1-2,6,9-11,14-17,20,22,46H2,(H,49,57)(H,50,58)(H,51,59)/t31-,32+,34?/m0/s1. The number of rotatable bonds is 14. The summed E-state index contributed by atoms with van der Waals surface area (Å²) in [5.74, 6) is -0.786. The lowest BCUT2D eigenvalue weighted by molar-refractivity contribution is -0.137. The van der Waals surface area contributed by atoms with Gasteiger partial charge in [0.2, 0.25) is 5.91 Å². The van der Waals surface area contributed by atoms with Gasteiger partial charge >= 0.3 is 17.9 Å². The average Bonchev–Trinajstić information content (AvgIpc) is 3.63. The predicted octanol–water partition coefficient (Wildman–Crippen LogP) is 5.11. The van der Waals surface area contributed by atoms with Crippen LogP contribution >= 0.6 is 31.9 Å². The molecule has 0 saturated carbocycles. The topological polar surface area (TPSA) is 191 Å². The molecular formula is C40H46Br2F3N9O5. The molecule has 3 atom stereocenters. The number of carbonyl (C=O) groups is 3. The first-order valence-electron chi connectivity index (χ1n) is 19.4. The zero-order valence-corrected chi connectivity index (χ0v) is 35.2. The Labute approximate surface area is 355 Å². The summed E-state index contributed by atoms with van der Waals surface area (Å²) in [6.07, 6.45) is 2.67. The van der Waals surface area contributed by atoms with Gasteiger partial charge < -0.3 is 41.6 Å². The zero-order chi connectivity index (χ0) is 42.3. The van der Waals surface area contributed by atoms with Crippen molar-refractivity contribution in [1.29, 1.82) is 0 Å². The number of hydrogen-bond donors (Lipinski definition) is 6. The lowest BCUT2D eigenvalue weighted by atomic mass is 9.96. The van der Waals surface area contributed by atoms with Gasteiger partial charge in [0.1, 0.15) is 11.8 Å². The number of anilines is 1. The van der Waals surface area contributed by atoms with Crippen LogP contribution in [0.25, 0.3) is 11.3 Å². The number of nitrogens with two attached hydrogens (primary N) is 1. The number of aromatic nitrogens is 3. The number of nitrogens with one attached hydrogen (secondary N) is 4. The maximum atomic E-state index is 14.3. The maximum absolute atomic E-state index is 14.3. The van der Waals surface area contributed by atoms with Crippen LogP contribution in [0.4, 0.5) is 23.7 Å². The Morgan fingerprint density at radius 1 is 0.983 bits per heavy atom. The quantitative estimate of drug-likeness (QED) is 0.0934. The summed E-state index contributed by atoms with van der Waals surface area (Å²) in [6.45, 7) is 2.49. The smallest absolute Gasteiger partial charge is 0.416 e. The SMILES string of the molecule is NCCCC[C@H](NC(=O)[C@@H](Cc1cc(Br)c(O)c(Br)c1)NC(=O)N1CCC(n2cc(-c3cccc(C(F)(F)F)c3)[nH]c2=O)CC1)C(=O)C1CN(c2ccncc2)CCN1. The van der Waals surface area contributed by atoms with Gasteiger partial charge in [-0.25, -0.2) is 9.59 Å². The minimum Gasteiger partial charge on any atom is -0.506 e. The summed E-state index contributed by atoms with van der Waals surface area (Å²) >= 11 is 6.67. The number of halogens is 5. The number of aromatic amines is 1. The number of carbonyl (C=O) groups excluding carboxylic acids is 3. The summed E-state index contributed by atoms with van der Waals surface area (Å²) in [7, 11) is 0. The summed E-state index contributed by atoms with van der Waals surface area (Å²) in [4.78, 5) is 65.6. The minimum atomic E-state index is -4.54. The molecule has 2 aliphatic heterocycles. The second kappa shape index (κ2) is 19.6. The van der Waals surface area contributed by atoms with Crippen LogP contribution in [0.1, 0.15) is 49.3 Å². The van der Waals surface area contributed by atoms with E-state index in [0.717, 1.165) is 17.8 Å². The van der Waals surface area contributed by atoms with E-state index >= 15 is 0 Å². The summed E-state index contributed by atoms with van der Waals surface area (Å²) in [5, 5.41) is 19.5. The van der Waals surface area contributed by atoms with Crippen LogP contribution in [0, 0.1) is 0 Å². The molecule has 3 amide bonds. The highest BCUT2D eigenvalue weighted by atomic mass is 79.9. The van der Waals surface area contributed by atoms with E-state index in [1.807, 2.05) is 12.1 Å². The van der Waals surface area contributed by atoms with E-state index in [0.29, 0.717) is 72.8 Å². The van der Waals surface area contributed by atoms with Crippen LogP contribution < -0.4 is 32.3 Å². The molecule has 4 heterocycles. The number of alkyl halides is 3. The number of phenols is 1. The Balaban J connectivity index is 1.16. The molecule has 1 unspecified atom stereocenters. The Hall–Kier alpha value is -4.72. The molecule has 2 saturated heterocycles. The number of ketones is 1. The molecule has 59 heavy (non-hydrogen) atoms. The number of piperazine rings is 1. The molecule has 0 radical (unpaired) electrons. The molecule has 2 fully saturated rings. The van der Waals surface area contributed by atoms with Crippen molar-refractivity contribution in [2.75, 3.05) is 44.2 Å². The summed E-state index contributed by atoms with van der Waals surface area (Å²) in [6, 6.07) is 8.30. The van der Waals surface area contributed by atoms with E-state index in [9.17, 15) is 37.5 Å². The maximum Gasteiger partial charge on any atom is 0.416 e. The summed E-state index contributed by atoms with van der Waals surface area (Å²) in [5.41, 5.74) is 6.47. The second-order valence-electron chi connectivity index (χ2n) is 14.7. The molecule has 6 rings (SSSR count). The van der Waals surface area contributed by atoms with Crippen molar-refractivity contribution in [3.05, 3.63) is 97.7 Å². The number of H-pyrrole nitrogens is 1. The van der Waals surface area contributed by atoms with Crippen LogP contribution in [0.3, 0.4) is 0 Å². The molecule has 316 valence electrons. The number of piperidine rings is 1. The molecular weight excluding hydrogens is 903 g/mol. The first-order valence-corrected chi connectivity index (χ1v) is 20.9. The van der Waals surface area contributed by atoms with Crippen LogP contribution in [0.5, 0.6) is 5.75 Å². The molecule has 19 heteroatoms. The number of Topliss-reactive ketones (excluding diaryl/α,β-unsaturated/α-hetero) is 1. The fourth-order valence-corrected chi connectivity index (χ4v) is 8.76. The first-order chi connectivity index (χ1) is 28.2. The molecule has 7 N–H and O–H groups in total. The normalized spacial score (nSPS) is 17.4. The van der Waals surface area contributed by atoms with E-state index < -0.39 is 47.5 Å². The molecule has 0 bridgehead atoms. The third-order valence-electron chi connectivity index (χ3n) is 10.7. The molecule has 0 aliphatic carbocycles. The van der Waals surface area contributed by atoms with Crippen molar-refractivity contribution in [3.63, 3.8) is 0 Å². The minimum absolute atomic E-state index is 0.0176. The number of imidazole rings is 1. The van der Waals surface area contributed by atoms with Crippen molar-refractivity contribution < 1.29 is 32.7 Å². The van der Waals surface area contributed by atoms with Gasteiger partial charge in [0.25, 0.3) is 0 Å². The highest BCUT2D eigenvalue weighted by molar-refractivity contribution is 9.11. The fourth-order valence-electron chi connectivity index (χ4n) is 7.48. The second-order valence-corrected chi connectivity index (χ2v) is 16.4. The van der Waals surface area contributed by atoms with Crippen LogP contribution in [-0.4, -0.2) is 99.7 Å². The number of hydrogen-bond acceptors (Lipinski definition) is 9. The van der Waals surface area contributed by atoms with E-state index in [1.54, 1.807) is 24.5 Å². The number of nitrogens with zero attached hydrogens (tertiary/aromatic N) is 4. The number of pyridine rings is 1. The molecule has 2 aromatic carbocycles. The Morgan fingerprint density at radius 3 is 2.37 bits per heavy atom. The van der Waals surface area contributed by atoms with Crippen molar-refractivity contribution in [2.45, 2.75) is 68.9 Å². The first kappa shape index (κ1) is 43.8. The van der Waals surface area contributed by atoms with E-state index in [1.165, 1.54) is 27.8 Å². The van der Waals surface area contributed by atoms with Crippen molar-refractivity contribution >= 4 is 55.3 Å². The van der Waals surface area contributed by atoms with Gasteiger partial charge in [-0.15, -0.1) is 0 Å². The van der Waals surface area contributed by atoms with Crippen LogP contribution in [0.15, 0.2) is 80.9 Å². The third-order valence-corrected chi connectivity index (χ3v) is 11.9. The Kier molecular flexibility index (Phi) is 14.5. The lowest BCUT2D eigenvalue weighted by Crippen LogP contribution is -2.61. The van der Waals surface area contributed by atoms with E-state index in [2.05, 4.69) is 62.7 Å². The van der Waals surface area contributed by atoms with Gasteiger partial charge in [-0.3, -0.25) is 19.1 Å². The van der Waals surface area contributed by atoms with Crippen LogP contribution in [-0.2, 0) is 22.2 Å². The lowest BCUT2D eigenvalue weighted by Gasteiger charge is -2.36. The highest BCUT2D eigenvalue weighted by Gasteiger charge is 2.35. The van der Waals surface area contributed by atoms with Gasteiger partial charge in [0, 0.05) is 75.0 Å². The van der Waals surface area contributed by atoms with Crippen molar-refractivity contribution in [1.82, 2.24) is 35.4 Å². The number of unbranched alkanes of at least 4 members (excludes halogenated alkanes) is 1. The van der Waals surface area contributed by atoms with Crippen molar-refractivity contribution in [2.24, 2.45) is 5.73 Å². The number of urea groups is 1.